The normalized spacial score (nSPS) is 15.9. The Morgan fingerprint density at radius 1 is 1.16 bits per heavy atom. The molecule has 0 fully saturated rings. The first-order chi connectivity index (χ1) is 15.3. The third-order valence-corrected chi connectivity index (χ3v) is 5.26. The van der Waals surface area contributed by atoms with Crippen molar-refractivity contribution < 1.29 is 29.4 Å². The van der Waals surface area contributed by atoms with Crippen LogP contribution in [-0.2, 0) is 9.53 Å². The van der Waals surface area contributed by atoms with Gasteiger partial charge in [-0.3, -0.25) is 10.1 Å². The zero-order valence-electron chi connectivity index (χ0n) is 17.3. The zero-order valence-corrected chi connectivity index (χ0v) is 18.1. The van der Waals surface area contributed by atoms with E-state index in [1.54, 1.807) is 31.2 Å². The Balaban J connectivity index is 2.01. The predicted molar refractivity (Wildman–Crippen MR) is 121 cm³/mol. The molecule has 0 radical (unpaired) electrons. The average molecular weight is 456 g/mol. The van der Waals surface area contributed by atoms with Crippen molar-refractivity contribution in [2.75, 3.05) is 13.2 Å². The van der Waals surface area contributed by atoms with Crippen LogP contribution in [0.2, 0.25) is 0 Å². The molecule has 0 saturated heterocycles. The molecular formula is C22H20N2O7S. The Kier molecular flexibility index (Phi) is 7.16. The van der Waals surface area contributed by atoms with Crippen LogP contribution < -0.4 is 4.74 Å². The van der Waals surface area contributed by atoms with E-state index < -0.39 is 22.3 Å². The van der Waals surface area contributed by atoms with Crippen LogP contribution in [0.3, 0.4) is 0 Å². The Hall–Kier alpha value is -3.79. The molecule has 2 aromatic carbocycles. The van der Waals surface area contributed by atoms with E-state index in [9.17, 15) is 25.1 Å². The summed E-state index contributed by atoms with van der Waals surface area (Å²) in [6.45, 7) is 4.16. The molecule has 1 aliphatic rings. The number of hydrogen-bond donors (Lipinski definition) is 2. The number of aliphatic imine (C=N–C) groups is 1. The number of benzene rings is 2. The lowest BCUT2D eigenvalue weighted by Crippen LogP contribution is -2.12. The second kappa shape index (κ2) is 10.0. The van der Waals surface area contributed by atoms with E-state index in [1.807, 2.05) is 6.92 Å². The van der Waals surface area contributed by atoms with Crippen molar-refractivity contribution in [3.63, 3.8) is 0 Å². The molecule has 0 unspecified atom stereocenters. The smallest absolute Gasteiger partial charge is 0.344 e. The number of phenolic OH excluding ortho intramolecular Hbond substituents is 1. The number of carbonyl (C=O) groups excluding carboxylic acids is 1. The second-order valence-electron chi connectivity index (χ2n) is 6.40. The van der Waals surface area contributed by atoms with Crippen molar-refractivity contribution in [3.8, 4) is 11.5 Å². The standard InChI is InChI=1S/C22H20N2O7S/c1-3-30-15-8-6-14(7-9-15)23-21-19(22(27)31-4-2)20(26)18(32-21)12-13-5-10-17(25)16(11-13)24(28)29/h5-12,25-26H,3-4H2,1-2H3/b18-12+,23-21?. The highest BCUT2D eigenvalue weighted by molar-refractivity contribution is 8.18. The summed E-state index contributed by atoms with van der Waals surface area (Å²) in [7, 11) is 0. The summed E-state index contributed by atoms with van der Waals surface area (Å²) in [5.74, 6) is -0.869. The van der Waals surface area contributed by atoms with Gasteiger partial charge in [0.15, 0.2) is 5.75 Å². The highest BCUT2D eigenvalue weighted by atomic mass is 32.2. The van der Waals surface area contributed by atoms with Crippen LogP contribution in [0.5, 0.6) is 11.5 Å². The first kappa shape index (κ1) is 22.9. The first-order valence-electron chi connectivity index (χ1n) is 9.63. The second-order valence-corrected chi connectivity index (χ2v) is 7.43. The van der Waals surface area contributed by atoms with Crippen molar-refractivity contribution in [2.24, 2.45) is 4.99 Å². The third kappa shape index (κ3) is 5.09. The number of aromatic hydroxyl groups is 1. The molecule has 0 spiro atoms. The van der Waals surface area contributed by atoms with Crippen molar-refractivity contribution in [1.29, 1.82) is 0 Å². The quantitative estimate of drug-likeness (QED) is 0.342. The molecule has 0 atom stereocenters. The van der Waals surface area contributed by atoms with Gasteiger partial charge >= 0.3 is 11.7 Å². The van der Waals surface area contributed by atoms with Gasteiger partial charge < -0.3 is 19.7 Å². The molecule has 0 aromatic heterocycles. The maximum Gasteiger partial charge on any atom is 0.344 e. The van der Waals surface area contributed by atoms with Gasteiger partial charge in [-0.2, -0.15) is 0 Å². The molecule has 2 N–H and O–H groups in total. The first-order valence-corrected chi connectivity index (χ1v) is 10.4. The lowest BCUT2D eigenvalue weighted by atomic mass is 10.1. The molecule has 10 heteroatoms. The van der Waals surface area contributed by atoms with Crippen LogP contribution >= 0.6 is 11.8 Å². The third-order valence-electron chi connectivity index (χ3n) is 4.24. The molecule has 0 amide bonds. The number of nitro groups is 1. The molecule has 0 aliphatic carbocycles. The molecule has 1 heterocycles. The SMILES string of the molecule is CCOC(=O)C1=C(O)/C(=C\c2ccc(O)c([N+](=O)[O-])c2)SC1=Nc1ccc(OCC)cc1. The molecule has 3 rings (SSSR count). The summed E-state index contributed by atoms with van der Waals surface area (Å²) in [6.07, 6.45) is 1.46. The summed E-state index contributed by atoms with van der Waals surface area (Å²) in [5, 5.41) is 31.7. The maximum atomic E-state index is 12.5. The molecule has 0 bridgehead atoms. The van der Waals surface area contributed by atoms with Crippen molar-refractivity contribution >= 4 is 40.2 Å². The van der Waals surface area contributed by atoms with E-state index in [4.69, 9.17) is 9.47 Å². The molecule has 32 heavy (non-hydrogen) atoms. The number of rotatable bonds is 7. The van der Waals surface area contributed by atoms with Crippen LogP contribution in [0.25, 0.3) is 6.08 Å². The van der Waals surface area contributed by atoms with E-state index in [0.29, 0.717) is 23.6 Å². The highest BCUT2D eigenvalue weighted by Gasteiger charge is 2.33. The van der Waals surface area contributed by atoms with Gasteiger partial charge in [-0.15, -0.1) is 0 Å². The minimum atomic E-state index is -0.734. The summed E-state index contributed by atoms with van der Waals surface area (Å²) in [4.78, 5) is 27.6. The van der Waals surface area contributed by atoms with Gasteiger partial charge in [-0.1, -0.05) is 17.8 Å². The van der Waals surface area contributed by atoms with E-state index in [2.05, 4.69) is 4.99 Å². The van der Waals surface area contributed by atoms with Gasteiger partial charge in [0.05, 0.1) is 28.7 Å². The average Bonchev–Trinajstić information content (AvgIpc) is 3.05. The Morgan fingerprint density at radius 2 is 1.88 bits per heavy atom. The summed E-state index contributed by atoms with van der Waals surface area (Å²) in [6, 6.07) is 10.7. The van der Waals surface area contributed by atoms with Crippen LogP contribution in [0.15, 0.2) is 63.7 Å². The van der Waals surface area contributed by atoms with Gasteiger partial charge in [0, 0.05) is 6.07 Å². The largest absolute Gasteiger partial charge is 0.506 e. The maximum absolute atomic E-state index is 12.5. The number of thioether (sulfide) groups is 1. The number of phenols is 1. The van der Waals surface area contributed by atoms with E-state index in [1.165, 1.54) is 24.3 Å². The minimum absolute atomic E-state index is 0.0923. The fourth-order valence-electron chi connectivity index (χ4n) is 2.82. The topological polar surface area (TPSA) is 131 Å². The van der Waals surface area contributed by atoms with Gasteiger partial charge in [0.25, 0.3) is 0 Å². The lowest BCUT2D eigenvalue weighted by Gasteiger charge is -2.05. The van der Waals surface area contributed by atoms with Gasteiger partial charge in [-0.05, 0) is 55.8 Å². The van der Waals surface area contributed by atoms with Crippen LogP contribution in [0, 0.1) is 10.1 Å². The Morgan fingerprint density at radius 3 is 2.50 bits per heavy atom. The molecular weight excluding hydrogens is 436 g/mol. The van der Waals surface area contributed by atoms with E-state index in [0.717, 1.165) is 11.8 Å². The summed E-state index contributed by atoms with van der Waals surface area (Å²) in [5.41, 5.74) is 0.325. The van der Waals surface area contributed by atoms with Crippen LogP contribution in [0.1, 0.15) is 19.4 Å². The highest BCUT2D eigenvalue weighted by Crippen LogP contribution is 2.41. The molecule has 9 nitrogen and oxygen atoms in total. The predicted octanol–water partition coefficient (Wildman–Crippen LogP) is 4.89. The number of esters is 1. The van der Waals surface area contributed by atoms with E-state index >= 15 is 0 Å². The number of hydrogen-bond acceptors (Lipinski definition) is 9. The summed E-state index contributed by atoms with van der Waals surface area (Å²) >= 11 is 1.03. The fourth-order valence-corrected chi connectivity index (χ4v) is 3.86. The lowest BCUT2D eigenvalue weighted by molar-refractivity contribution is -0.385. The number of nitro benzene ring substituents is 1. The van der Waals surface area contributed by atoms with Gasteiger partial charge in [0.2, 0.25) is 0 Å². The fraction of sp³-hybridized carbons (Fsp3) is 0.182. The number of nitrogens with zero attached hydrogens (tertiary/aromatic N) is 2. The number of ether oxygens (including phenoxy) is 2. The van der Waals surface area contributed by atoms with Gasteiger partial charge in [-0.25, -0.2) is 9.79 Å². The molecule has 166 valence electrons. The van der Waals surface area contributed by atoms with Crippen molar-refractivity contribution in [2.45, 2.75) is 13.8 Å². The van der Waals surface area contributed by atoms with E-state index in [-0.39, 0.29) is 27.9 Å². The molecule has 2 aromatic rings. The Labute approximate surface area is 187 Å². The number of aliphatic hydroxyl groups is 1. The number of aliphatic hydroxyl groups excluding tert-OH is 1. The Bertz CT molecular complexity index is 1140. The number of carbonyl (C=O) groups is 1. The van der Waals surface area contributed by atoms with Gasteiger partial charge in [0.1, 0.15) is 22.1 Å². The molecule has 1 aliphatic heterocycles. The summed E-state index contributed by atoms with van der Waals surface area (Å²) < 4.78 is 10.5. The monoisotopic (exact) mass is 456 g/mol. The van der Waals surface area contributed by atoms with Crippen molar-refractivity contribution in [1.82, 2.24) is 0 Å². The molecule has 0 saturated carbocycles. The minimum Gasteiger partial charge on any atom is -0.506 e. The van der Waals surface area contributed by atoms with Crippen LogP contribution in [0.4, 0.5) is 11.4 Å². The van der Waals surface area contributed by atoms with Crippen LogP contribution in [-0.4, -0.2) is 39.4 Å². The van der Waals surface area contributed by atoms with Crippen molar-refractivity contribution in [3.05, 3.63) is 74.4 Å². The zero-order chi connectivity index (χ0) is 23.3.